The van der Waals surface area contributed by atoms with Gasteiger partial charge in [-0.25, -0.2) is 0 Å². The topological polar surface area (TPSA) is 24.5 Å². The third-order valence-electron chi connectivity index (χ3n) is 4.69. The normalized spacial score (nSPS) is 43.0. The Labute approximate surface area is 112 Å². The molecule has 3 heteroatoms. The standard InChI is InChI=1S/C15H30N2O/c1-5-16-14-9-11(2)8-12(3)15(14)17-6-7-18-10-13(17)4/h11-16H,5-10H2,1-4H3. The van der Waals surface area contributed by atoms with Gasteiger partial charge in [0.1, 0.15) is 0 Å². The Morgan fingerprint density at radius 2 is 2.00 bits per heavy atom. The zero-order chi connectivity index (χ0) is 13.1. The lowest BCUT2D eigenvalue weighted by atomic mass is 9.75. The van der Waals surface area contributed by atoms with Crippen molar-refractivity contribution in [3.8, 4) is 0 Å². The quantitative estimate of drug-likeness (QED) is 0.835. The van der Waals surface area contributed by atoms with Crippen molar-refractivity contribution in [3.05, 3.63) is 0 Å². The maximum absolute atomic E-state index is 5.59. The maximum atomic E-state index is 5.59. The zero-order valence-electron chi connectivity index (χ0n) is 12.5. The third-order valence-corrected chi connectivity index (χ3v) is 4.69. The number of ether oxygens (including phenoxy) is 1. The van der Waals surface area contributed by atoms with Gasteiger partial charge in [-0.15, -0.1) is 0 Å². The van der Waals surface area contributed by atoms with Crippen LogP contribution < -0.4 is 5.32 Å². The van der Waals surface area contributed by atoms with E-state index in [0.717, 1.165) is 38.1 Å². The molecule has 1 saturated carbocycles. The molecular formula is C15H30N2O. The first-order valence-corrected chi connectivity index (χ1v) is 7.70. The van der Waals surface area contributed by atoms with E-state index in [1.807, 2.05) is 0 Å². The van der Waals surface area contributed by atoms with Gasteiger partial charge in [0.05, 0.1) is 13.2 Å². The number of nitrogens with one attached hydrogen (secondary N) is 1. The maximum Gasteiger partial charge on any atom is 0.0619 e. The first kappa shape index (κ1) is 14.3. The van der Waals surface area contributed by atoms with Crippen molar-refractivity contribution >= 4 is 0 Å². The second-order valence-corrected chi connectivity index (χ2v) is 6.37. The Kier molecular flexibility index (Phi) is 5.05. The summed E-state index contributed by atoms with van der Waals surface area (Å²) in [4.78, 5) is 2.70. The highest BCUT2D eigenvalue weighted by atomic mass is 16.5. The monoisotopic (exact) mass is 254 g/mol. The first-order valence-electron chi connectivity index (χ1n) is 7.70. The first-order chi connectivity index (χ1) is 8.63. The molecule has 0 aromatic carbocycles. The van der Waals surface area contributed by atoms with Crippen LogP contribution in [0.15, 0.2) is 0 Å². The highest BCUT2D eigenvalue weighted by Gasteiger charge is 2.39. The molecule has 1 heterocycles. The van der Waals surface area contributed by atoms with Crippen LogP contribution in [0.2, 0.25) is 0 Å². The minimum Gasteiger partial charge on any atom is -0.379 e. The average molecular weight is 254 g/mol. The molecule has 18 heavy (non-hydrogen) atoms. The molecule has 2 aliphatic rings. The van der Waals surface area contributed by atoms with Crippen molar-refractivity contribution in [1.29, 1.82) is 0 Å². The van der Waals surface area contributed by atoms with Crippen LogP contribution in [-0.2, 0) is 4.74 Å². The molecule has 1 saturated heterocycles. The van der Waals surface area contributed by atoms with Crippen molar-refractivity contribution < 1.29 is 4.74 Å². The van der Waals surface area contributed by atoms with Gasteiger partial charge in [0.25, 0.3) is 0 Å². The SMILES string of the molecule is CCNC1CC(C)CC(C)C1N1CCOCC1C. The van der Waals surface area contributed by atoms with Crippen LogP contribution in [0.25, 0.3) is 0 Å². The van der Waals surface area contributed by atoms with Crippen LogP contribution in [0.3, 0.4) is 0 Å². The van der Waals surface area contributed by atoms with Crippen molar-refractivity contribution in [1.82, 2.24) is 10.2 Å². The van der Waals surface area contributed by atoms with E-state index in [-0.39, 0.29) is 0 Å². The molecule has 0 spiro atoms. The third kappa shape index (κ3) is 3.06. The van der Waals surface area contributed by atoms with Crippen LogP contribution in [0.4, 0.5) is 0 Å². The van der Waals surface area contributed by atoms with Gasteiger partial charge in [-0.05, 0) is 38.1 Å². The van der Waals surface area contributed by atoms with Crippen LogP contribution in [0.5, 0.6) is 0 Å². The molecule has 1 aliphatic heterocycles. The summed E-state index contributed by atoms with van der Waals surface area (Å²) in [5.41, 5.74) is 0. The van der Waals surface area contributed by atoms with Crippen molar-refractivity contribution in [3.63, 3.8) is 0 Å². The van der Waals surface area contributed by atoms with E-state index < -0.39 is 0 Å². The highest BCUT2D eigenvalue weighted by Crippen LogP contribution is 2.33. The summed E-state index contributed by atoms with van der Waals surface area (Å²) in [6, 6.07) is 1.93. The molecular weight excluding hydrogens is 224 g/mol. The summed E-state index contributed by atoms with van der Waals surface area (Å²) in [5, 5.41) is 3.73. The highest BCUT2D eigenvalue weighted by molar-refractivity contribution is 4.96. The lowest BCUT2D eigenvalue weighted by molar-refractivity contribution is -0.0544. The number of morpholine rings is 1. The Morgan fingerprint density at radius 1 is 1.22 bits per heavy atom. The predicted molar refractivity (Wildman–Crippen MR) is 75.8 cm³/mol. The summed E-state index contributed by atoms with van der Waals surface area (Å²) < 4.78 is 5.59. The summed E-state index contributed by atoms with van der Waals surface area (Å²) >= 11 is 0. The lowest BCUT2D eigenvalue weighted by Gasteiger charge is -2.49. The smallest absolute Gasteiger partial charge is 0.0619 e. The van der Waals surface area contributed by atoms with E-state index in [9.17, 15) is 0 Å². The predicted octanol–water partition coefficient (Wildman–Crippen LogP) is 2.12. The number of nitrogens with zero attached hydrogens (tertiary/aromatic N) is 1. The Bertz CT molecular complexity index is 259. The number of hydrogen-bond donors (Lipinski definition) is 1. The van der Waals surface area contributed by atoms with Gasteiger partial charge in [-0.3, -0.25) is 4.90 Å². The second kappa shape index (κ2) is 6.36. The number of likely N-dealkylation sites (N-methyl/N-ethyl adjacent to an activating group) is 1. The summed E-state index contributed by atoms with van der Waals surface area (Å²) in [7, 11) is 0. The minimum absolute atomic E-state index is 0.570. The molecule has 5 atom stereocenters. The summed E-state index contributed by atoms with van der Waals surface area (Å²) in [6.45, 7) is 13.4. The van der Waals surface area contributed by atoms with Crippen molar-refractivity contribution in [2.24, 2.45) is 11.8 Å². The Balaban J connectivity index is 2.09. The largest absolute Gasteiger partial charge is 0.379 e. The minimum atomic E-state index is 0.570. The number of hydrogen-bond acceptors (Lipinski definition) is 3. The van der Waals surface area contributed by atoms with Crippen LogP contribution in [0, 0.1) is 11.8 Å². The molecule has 3 nitrogen and oxygen atoms in total. The van der Waals surface area contributed by atoms with Gasteiger partial charge in [0.15, 0.2) is 0 Å². The molecule has 2 fully saturated rings. The van der Waals surface area contributed by atoms with Gasteiger partial charge < -0.3 is 10.1 Å². The zero-order valence-corrected chi connectivity index (χ0v) is 12.5. The fourth-order valence-corrected chi connectivity index (χ4v) is 4.05. The van der Waals surface area contributed by atoms with Gasteiger partial charge in [-0.2, -0.15) is 0 Å². The molecule has 0 bridgehead atoms. The average Bonchev–Trinajstić information content (AvgIpc) is 2.31. The van der Waals surface area contributed by atoms with Gasteiger partial charge in [0.2, 0.25) is 0 Å². The van der Waals surface area contributed by atoms with E-state index in [2.05, 4.69) is 37.9 Å². The van der Waals surface area contributed by atoms with E-state index in [1.165, 1.54) is 12.8 Å². The molecule has 0 aromatic rings. The fourth-order valence-electron chi connectivity index (χ4n) is 4.05. The number of rotatable bonds is 3. The van der Waals surface area contributed by atoms with Crippen molar-refractivity contribution in [2.45, 2.75) is 58.7 Å². The van der Waals surface area contributed by atoms with Gasteiger partial charge in [-0.1, -0.05) is 20.8 Å². The fraction of sp³-hybridized carbons (Fsp3) is 1.00. The van der Waals surface area contributed by atoms with Crippen LogP contribution in [-0.4, -0.2) is 49.3 Å². The molecule has 0 amide bonds. The van der Waals surface area contributed by atoms with Crippen LogP contribution in [0.1, 0.15) is 40.5 Å². The summed E-state index contributed by atoms with van der Waals surface area (Å²) in [5.74, 6) is 1.65. The molecule has 106 valence electrons. The van der Waals surface area contributed by atoms with E-state index in [0.29, 0.717) is 18.1 Å². The van der Waals surface area contributed by atoms with Crippen molar-refractivity contribution in [2.75, 3.05) is 26.3 Å². The lowest BCUT2D eigenvalue weighted by Crippen LogP contribution is -2.61. The molecule has 5 unspecified atom stereocenters. The van der Waals surface area contributed by atoms with Gasteiger partial charge >= 0.3 is 0 Å². The van der Waals surface area contributed by atoms with Gasteiger partial charge in [0, 0.05) is 24.7 Å². The second-order valence-electron chi connectivity index (χ2n) is 6.37. The Morgan fingerprint density at radius 3 is 2.67 bits per heavy atom. The van der Waals surface area contributed by atoms with E-state index in [4.69, 9.17) is 4.74 Å². The molecule has 1 aliphatic carbocycles. The van der Waals surface area contributed by atoms with Crippen LogP contribution >= 0.6 is 0 Å². The molecule has 1 N–H and O–H groups in total. The molecule has 0 radical (unpaired) electrons. The molecule has 0 aromatic heterocycles. The summed E-state index contributed by atoms with van der Waals surface area (Å²) in [6.07, 6.45) is 2.70. The molecule has 2 rings (SSSR count). The Hall–Kier alpha value is -0.120. The van der Waals surface area contributed by atoms with E-state index in [1.54, 1.807) is 0 Å². The van der Waals surface area contributed by atoms with E-state index >= 15 is 0 Å².